The minimum atomic E-state index is -3.81. The minimum absolute atomic E-state index is 0.0270. The van der Waals surface area contributed by atoms with Crippen LogP contribution < -0.4 is 17.1 Å². The Hall–Kier alpha value is -3.51. The summed E-state index contributed by atoms with van der Waals surface area (Å²) in [5, 5.41) is 0. The summed E-state index contributed by atoms with van der Waals surface area (Å²) in [7, 11) is -3.81. The lowest BCUT2D eigenvalue weighted by atomic mass is 9.87. The number of nitrogen functional groups attached to an aromatic ring is 1. The number of aromatic amines is 1. The zero-order valence-electron chi connectivity index (χ0n) is 21.2. The Morgan fingerprint density at radius 3 is 2.64 bits per heavy atom. The average Bonchev–Trinajstić information content (AvgIpc) is 3.53. The number of fused-ring (bicyclic) bond motifs is 1. The van der Waals surface area contributed by atoms with Gasteiger partial charge in [-0.15, -0.1) is 0 Å². The van der Waals surface area contributed by atoms with Crippen molar-refractivity contribution in [3.8, 4) is 0 Å². The van der Waals surface area contributed by atoms with Crippen molar-refractivity contribution < 1.29 is 27.2 Å². The van der Waals surface area contributed by atoms with Crippen LogP contribution in [0.2, 0.25) is 0 Å². The van der Waals surface area contributed by atoms with Crippen molar-refractivity contribution in [2.24, 2.45) is 0 Å². The van der Waals surface area contributed by atoms with Crippen LogP contribution in [-0.2, 0) is 38.1 Å². The van der Waals surface area contributed by atoms with E-state index in [-0.39, 0.29) is 55.9 Å². The van der Waals surface area contributed by atoms with Gasteiger partial charge in [-0.3, -0.25) is 18.9 Å². The predicted molar refractivity (Wildman–Crippen MR) is 140 cm³/mol. The molecular weight excluding hydrogens is 529 g/mol. The maximum absolute atomic E-state index is 13.7. The molecule has 5 rings (SSSR count). The summed E-state index contributed by atoms with van der Waals surface area (Å²) >= 11 is 0. The Bertz CT molecular complexity index is 1550. The van der Waals surface area contributed by atoms with E-state index in [1.165, 1.54) is 6.33 Å². The quantitative estimate of drug-likeness (QED) is 0.190. The van der Waals surface area contributed by atoms with Gasteiger partial charge in [0.05, 0.1) is 19.5 Å². The topological polar surface area (TPSA) is 178 Å². The molecule has 1 aromatic carbocycles. The van der Waals surface area contributed by atoms with E-state index < -0.39 is 19.0 Å². The first-order valence-corrected chi connectivity index (χ1v) is 14.5. The molecule has 0 saturated heterocycles. The second-order valence-electron chi connectivity index (χ2n) is 9.32. The zero-order valence-corrected chi connectivity index (χ0v) is 22.1. The van der Waals surface area contributed by atoms with Crippen molar-refractivity contribution in [1.29, 1.82) is 0 Å². The molecule has 1 aliphatic rings. The molecule has 4 aromatic rings. The van der Waals surface area contributed by atoms with E-state index in [2.05, 4.69) is 15.0 Å². The van der Waals surface area contributed by atoms with Crippen molar-refractivity contribution in [2.45, 2.75) is 57.8 Å². The van der Waals surface area contributed by atoms with E-state index in [9.17, 15) is 14.2 Å². The van der Waals surface area contributed by atoms with Crippen molar-refractivity contribution in [3.63, 3.8) is 0 Å². The molecule has 0 spiro atoms. The summed E-state index contributed by atoms with van der Waals surface area (Å²) in [6.07, 6.45) is 6.07. The van der Waals surface area contributed by atoms with E-state index in [0.29, 0.717) is 11.4 Å². The average molecular weight is 560 g/mol. The normalized spacial score (nSPS) is 16.0. The molecule has 0 radical (unpaired) electrons. The number of H-pyrrole nitrogens is 1. The number of nitrogens with one attached hydrogen (secondary N) is 1. The third kappa shape index (κ3) is 6.74. The molecule has 3 heterocycles. The number of nitrogens with two attached hydrogens (primary N) is 1. The third-order valence-corrected chi connectivity index (χ3v) is 8.08. The standard InChI is InChI=1S/C25H30N5O8P/c26-24-28-22-20(23(31)29-24)27-15-30(22)11-12-34-16-39(33,35-13-17-7-3-1-4-8-17)36-14-19-21(38-25(32)37-19)18-9-5-2-6-10-18/h1,3-4,7-8,15,18H,2,5-6,9-14,16H2,(H3,26,28,29,31). The van der Waals surface area contributed by atoms with Crippen LogP contribution >= 0.6 is 7.60 Å². The molecule has 1 aliphatic carbocycles. The molecule has 1 unspecified atom stereocenters. The lowest BCUT2D eigenvalue weighted by Gasteiger charge is -2.21. The molecule has 1 atom stereocenters. The van der Waals surface area contributed by atoms with Crippen LogP contribution in [0.1, 0.15) is 55.1 Å². The number of nitrogens with zero attached hydrogens (tertiary/aromatic N) is 3. The van der Waals surface area contributed by atoms with Crippen molar-refractivity contribution in [1.82, 2.24) is 19.5 Å². The molecular formula is C25H30N5O8P. The Morgan fingerprint density at radius 1 is 1.08 bits per heavy atom. The highest BCUT2D eigenvalue weighted by molar-refractivity contribution is 7.53. The van der Waals surface area contributed by atoms with E-state index in [4.69, 9.17) is 28.4 Å². The molecule has 13 nitrogen and oxygen atoms in total. The summed E-state index contributed by atoms with van der Waals surface area (Å²) in [6, 6.07) is 9.24. The smallest absolute Gasteiger partial charge is 0.395 e. The van der Waals surface area contributed by atoms with E-state index in [1.807, 2.05) is 30.3 Å². The minimum Gasteiger partial charge on any atom is -0.395 e. The van der Waals surface area contributed by atoms with Crippen LogP contribution in [0.4, 0.5) is 5.95 Å². The summed E-state index contributed by atoms with van der Waals surface area (Å²) in [4.78, 5) is 34.5. The summed E-state index contributed by atoms with van der Waals surface area (Å²) in [5.74, 6) is -0.116. The van der Waals surface area contributed by atoms with Gasteiger partial charge in [0.25, 0.3) is 5.56 Å². The molecule has 39 heavy (non-hydrogen) atoms. The second-order valence-corrected chi connectivity index (χ2v) is 11.3. The summed E-state index contributed by atoms with van der Waals surface area (Å²) in [5.41, 5.74) is 6.47. The first-order chi connectivity index (χ1) is 18.9. The van der Waals surface area contributed by atoms with Gasteiger partial charge in [-0.1, -0.05) is 49.6 Å². The molecule has 1 saturated carbocycles. The van der Waals surface area contributed by atoms with Crippen LogP contribution in [0.15, 0.2) is 55.1 Å². The second kappa shape index (κ2) is 12.1. The van der Waals surface area contributed by atoms with Gasteiger partial charge in [0, 0.05) is 12.5 Å². The molecule has 0 amide bonds. The highest BCUT2D eigenvalue weighted by atomic mass is 31.2. The van der Waals surface area contributed by atoms with Crippen molar-refractivity contribution in [3.05, 3.63) is 74.7 Å². The van der Waals surface area contributed by atoms with Crippen molar-refractivity contribution in [2.75, 3.05) is 18.7 Å². The van der Waals surface area contributed by atoms with Crippen LogP contribution in [0.5, 0.6) is 0 Å². The number of ether oxygens (including phenoxy) is 1. The first-order valence-electron chi connectivity index (χ1n) is 12.7. The fourth-order valence-corrected chi connectivity index (χ4v) is 5.82. The van der Waals surface area contributed by atoms with Crippen LogP contribution in [0.25, 0.3) is 11.2 Å². The van der Waals surface area contributed by atoms with E-state index in [1.54, 1.807) is 4.57 Å². The fourth-order valence-electron chi connectivity index (χ4n) is 4.58. The lowest BCUT2D eigenvalue weighted by Crippen LogP contribution is -2.13. The van der Waals surface area contributed by atoms with Gasteiger partial charge in [-0.05, 0) is 18.4 Å². The SMILES string of the molecule is Nc1nc2c(ncn2CCOCP(=O)(OCc2ccccc2)OCc2oc(=O)oc2C2CCCCC2)c(=O)[nH]1. The van der Waals surface area contributed by atoms with Crippen LogP contribution in [-0.4, -0.2) is 32.5 Å². The van der Waals surface area contributed by atoms with Gasteiger partial charge in [0.15, 0.2) is 22.7 Å². The highest BCUT2D eigenvalue weighted by Gasteiger charge is 2.30. The Morgan fingerprint density at radius 2 is 1.85 bits per heavy atom. The van der Waals surface area contributed by atoms with Gasteiger partial charge in [-0.25, -0.2) is 9.78 Å². The summed E-state index contributed by atoms with van der Waals surface area (Å²) < 4.78 is 43.0. The van der Waals surface area contributed by atoms with E-state index in [0.717, 1.165) is 37.7 Å². The van der Waals surface area contributed by atoms with Gasteiger partial charge in [0.1, 0.15) is 13.0 Å². The van der Waals surface area contributed by atoms with Gasteiger partial charge >= 0.3 is 13.4 Å². The molecule has 1 fully saturated rings. The third-order valence-electron chi connectivity index (χ3n) is 6.53. The van der Waals surface area contributed by atoms with Gasteiger partial charge in [-0.2, -0.15) is 4.98 Å². The first kappa shape index (κ1) is 27.1. The molecule has 208 valence electrons. The maximum Gasteiger partial charge on any atom is 0.519 e. The molecule has 3 aromatic heterocycles. The zero-order chi connectivity index (χ0) is 27.2. The molecule has 0 aliphatic heterocycles. The largest absolute Gasteiger partial charge is 0.519 e. The Labute approximate surface area is 222 Å². The molecule has 14 heteroatoms. The predicted octanol–water partition coefficient (Wildman–Crippen LogP) is 3.90. The number of hydrogen-bond donors (Lipinski definition) is 2. The van der Waals surface area contributed by atoms with Gasteiger partial charge < -0.3 is 28.4 Å². The number of anilines is 1. The maximum atomic E-state index is 13.7. The Kier molecular flexibility index (Phi) is 8.41. The number of benzene rings is 1. The Balaban J connectivity index is 1.25. The fraction of sp³-hybridized carbons (Fsp3) is 0.440. The van der Waals surface area contributed by atoms with E-state index >= 15 is 0 Å². The molecule has 0 bridgehead atoms. The highest BCUT2D eigenvalue weighted by Crippen LogP contribution is 2.50. The number of aromatic nitrogens is 4. The van der Waals surface area contributed by atoms with Crippen LogP contribution in [0.3, 0.4) is 0 Å². The van der Waals surface area contributed by atoms with Crippen molar-refractivity contribution >= 4 is 24.7 Å². The van der Waals surface area contributed by atoms with Gasteiger partial charge in [0.2, 0.25) is 5.95 Å². The number of imidazole rings is 1. The lowest BCUT2D eigenvalue weighted by molar-refractivity contribution is 0.113. The number of rotatable bonds is 12. The monoisotopic (exact) mass is 559 g/mol. The van der Waals surface area contributed by atoms with Crippen LogP contribution in [0, 0.1) is 0 Å². The summed E-state index contributed by atoms with van der Waals surface area (Å²) in [6.45, 7) is 0.124. The molecule has 3 N–H and O–H groups in total. The number of hydrogen-bond acceptors (Lipinski definition) is 11.